The van der Waals surface area contributed by atoms with E-state index in [4.69, 9.17) is 10.6 Å². The Morgan fingerprint density at radius 3 is 2.38 bits per heavy atom. The average Bonchev–Trinajstić information content (AvgIpc) is 2.55. The van der Waals surface area contributed by atoms with Gasteiger partial charge in [0.15, 0.2) is 0 Å². The first-order valence-corrected chi connectivity index (χ1v) is 7.56. The highest BCUT2D eigenvalue weighted by molar-refractivity contribution is 5.39. The fourth-order valence-corrected chi connectivity index (χ4v) is 2.48. The summed E-state index contributed by atoms with van der Waals surface area (Å²) in [6.45, 7) is 5.01. The number of benzene rings is 2. The number of nitrogens with one attached hydrogen (secondary N) is 1. The average molecular weight is 284 g/mol. The predicted octanol–water partition coefficient (Wildman–Crippen LogP) is 3.59. The fraction of sp³-hybridized carbons (Fsp3) is 0.333. The Kier molecular flexibility index (Phi) is 5.78. The van der Waals surface area contributed by atoms with E-state index >= 15 is 0 Å². The van der Waals surface area contributed by atoms with Crippen molar-refractivity contribution in [3.63, 3.8) is 0 Å². The van der Waals surface area contributed by atoms with Gasteiger partial charge >= 0.3 is 0 Å². The molecular formula is C18H24N2O. The van der Waals surface area contributed by atoms with E-state index in [0.29, 0.717) is 0 Å². The Labute approximate surface area is 127 Å². The van der Waals surface area contributed by atoms with Gasteiger partial charge in [0, 0.05) is 0 Å². The Bertz CT molecular complexity index is 551. The van der Waals surface area contributed by atoms with Gasteiger partial charge in [0.2, 0.25) is 0 Å². The van der Waals surface area contributed by atoms with Gasteiger partial charge in [0.1, 0.15) is 5.75 Å². The van der Waals surface area contributed by atoms with Crippen LogP contribution < -0.4 is 16.0 Å². The summed E-state index contributed by atoms with van der Waals surface area (Å²) < 4.78 is 5.62. The zero-order chi connectivity index (χ0) is 15.1. The van der Waals surface area contributed by atoms with E-state index in [1.54, 1.807) is 0 Å². The highest BCUT2D eigenvalue weighted by Crippen LogP contribution is 2.26. The summed E-state index contributed by atoms with van der Waals surface area (Å²) in [4.78, 5) is 0. The molecule has 3 nitrogen and oxygen atoms in total. The molecule has 0 aromatic heterocycles. The monoisotopic (exact) mass is 284 g/mol. The van der Waals surface area contributed by atoms with Crippen molar-refractivity contribution in [3.8, 4) is 5.75 Å². The fourth-order valence-electron chi connectivity index (χ4n) is 2.48. The molecule has 112 valence electrons. The number of ether oxygens (including phenoxy) is 1. The van der Waals surface area contributed by atoms with Crippen molar-refractivity contribution >= 4 is 0 Å². The van der Waals surface area contributed by atoms with Crippen LogP contribution in [0.1, 0.15) is 43.0 Å². The van der Waals surface area contributed by atoms with Gasteiger partial charge in [-0.2, -0.15) is 0 Å². The van der Waals surface area contributed by atoms with Crippen molar-refractivity contribution in [2.75, 3.05) is 6.61 Å². The van der Waals surface area contributed by atoms with Crippen LogP contribution in [0.3, 0.4) is 0 Å². The number of nitrogens with two attached hydrogens (primary N) is 1. The molecule has 0 saturated carbocycles. The highest BCUT2D eigenvalue weighted by Gasteiger charge is 2.15. The predicted molar refractivity (Wildman–Crippen MR) is 87.2 cm³/mol. The van der Waals surface area contributed by atoms with Crippen LogP contribution in [-0.2, 0) is 6.42 Å². The summed E-state index contributed by atoms with van der Waals surface area (Å²) >= 11 is 0. The molecule has 0 aliphatic rings. The van der Waals surface area contributed by atoms with E-state index < -0.39 is 0 Å². The lowest BCUT2D eigenvalue weighted by Gasteiger charge is -2.20. The Morgan fingerprint density at radius 1 is 1.05 bits per heavy atom. The van der Waals surface area contributed by atoms with E-state index in [-0.39, 0.29) is 6.04 Å². The van der Waals surface area contributed by atoms with E-state index in [9.17, 15) is 0 Å². The molecule has 0 saturated heterocycles. The third-order valence-corrected chi connectivity index (χ3v) is 3.60. The van der Waals surface area contributed by atoms with Crippen molar-refractivity contribution in [2.45, 2.75) is 32.7 Å². The van der Waals surface area contributed by atoms with Gasteiger partial charge in [-0.05, 0) is 41.7 Å². The molecule has 21 heavy (non-hydrogen) atoms. The SMILES string of the molecule is CCCOc1ccc(C(NN)c2ccccc2CC)cc1. The van der Waals surface area contributed by atoms with Crippen LogP contribution in [-0.4, -0.2) is 6.61 Å². The van der Waals surface area contributed by atoms with Gasteiger partial charge in [0.25, 0.3) is 0 Å². The Morgan fingerprint density at radius 2 is 1.76 bits per heavy atom. The molecule has 2 aromatic carbocycles. The second-order valence-corrected chi connectivity index (χ2v) is 5.07. The van der Waals surface area contributed by atoms with Crippen molar-refractivity contribution < 1.29 is 4.74 Å². The van der Waals surface area contributed by atoms with E-state index in [1.165, 1.54) is 11.1 Å². The largest absolute Gasteiger partial charge is 0.494 e. The lowest BCUT2D eigenvalue weighted by atomic mass is 9.94. The second kappa shape index (κ2) is 7.81. The van der Waals surface area contributed by atoms with Crippen LogP contribution in [0.4, 0.5) is 0 Å². The minimum atomic E-state index is 0.00127. The zero-order valence-corrected chi connectivity index (χ0v) is 12.8. The zero-order valence-electron chi connectivity index (χ0n) is 12.8. The molecule has 2 rings (SSSR count). The molecule has 1 atom stereocenters. The van der Waals surface area contributed by atoms with Crippen LogP contribution in [0, 0.1) is 0 Å². The van der Waals surface area contributed by atoms with E-state index in [0.717, 1.165) is 30.8 Å². The molecule has 0 fully saturated rings. The van der Waals surface area contributed by atoms with Crippen molar-refractivity contribution in [3.05, 3.63) is 65.2 Å². The molecule has 3 heteroatoms. The summed E-state index contributed by atoms with van der Waals surface area (Å²) in [5.41, 5.74) is 6.61. The summed E-state index contributed by atoms with van der Waals surface area (Å²) in [6, 6.07) is 16.6. The molecule has 3 N–H and O–H groups in total. The second-order valence-electron chi connectivity index (χ2n) is 5.07. The molecular weight excluding hydrogens is 260 g/mol. The lowest BCUT2D eigenvalue weighted by molar-refractivity contribution is 0.317. The summed E-state index contributed by atoms with van der Waals surface area (Å²) in [7, 11) is 0. The maximum Gasteiger partial charge on any atom is 0.119 e. The van der Waals surface area contributed by atoms with Gasteiger partial charge < -0.3 is 4.74 Å². The highest BCUT2D eigenvalue weighted by atomic mass is 16.5. The summed E-state index contributed by atoms with van der Waals surface area (Å²) in [6.07, 6.45) is 2.00. The van der Waals surface area contributed by atoms with Gasteiger partial charge in [-0.25, -0.2) is 5.43 Å². The van der Waals surface area contributed by atoms with Crippen LogP contribution in [0.2, 0.25) is 0 Å². The first-order chi connectivity index (χ1) is 10.3. The molecule has 1 unspecified atom stereocenters. The Hall–Kier alpha value is -1.84. The van der Waals surface area contributed by atoms with Gasteiger partial charge in [-0.15, -0.1) is 0 Å². The Balaban J connectivity index is 2.24. The number of hydrogen-bond donors (Lipinski definition) is 2. The number of rotatable bonds is 7. The number of aryl methyl sites for hydroxylation is 1. The normalized spacial score (nSPS) is 12.1. The quantitative estimate of drug-likeness (QED) is 0.603. The standard InChI is InChI=1S/C18H24N2O/c1-3-13-21-16-11-9-15(10-12-16)18(20-19)17-8-6-5-7-14(17)4-2/h5-12,18,20H,3-4,13,19H2,1-2H3. The third kappa shape index (κ3) is 3.84. The van der Waals surface area contributed by atoms with Gasteiger partial charge in [-0.3, -0.25) is 5.84 Å². The molecule has 0 aliphatic heterocycles. The number of hydrogen-bond acceptors (Lipinski definition) is 3. The number of hydrazine groups is 1. The van der Waals surface area contributed by atoms with Gasteiger partial charge in [0.05, 0.1) is 12.6 Å². The summed E-state index contributed by atoms with van der Waals surface area (Å²) in [5.74, 6) is 6.70. The van der Waals surface area contributed by atoms with Crippen LogP contribution in [0.25, 0.3) is 0 Å². The van der Waals surface area contributed by atoms with Crippen molar-refractivity contribution in [2.24, 2.45) is 5.84 Å². The molecule has 0 heterocycles. The topological polar surface area (TPSA) is 47.3 Å². The molecule has 0 bridgehead atoms. The minimum absolute atomic E-state index is 0.00127. The van der Waals surface area contributed by atoms with Crippen molar-refractivity contribution in [1.82, 2.24) is 5.43 Å². The van der Waals surface area contributed by atoms with E-state index in [2.05, 4.69) is 55.7 Å². The first kappa shape index (κ1) is 15.5. The first-order valence-electron chi connectivity index (χ1n) is 7.56. The van der Waals surface area contributed by atoms with Crippen LogP contribution in [0.5, 0.6) is 5.75 Å². The van der Waals surface area contributed by atoms with Crippen LogP contribution in [0.15, 0.2) is 48.5 Å². The molecule has 0 spiro atoms. The lowest BCUT2D eigenvalue weighted by Crippen LogP contribution is -2.29. The smallest absolute Gasteiger partial charge is 0.119 e. The summed E-state index contributed by atoms with van der Waals surface area (Å²) in [5, 5.41) is 0. The van der Waals surface area contributed by atoms with E-state index in [1.807, 2.05) is 12.1 Å². The maximum absolute atomic E-state index is 5.80. The van der Waals surface area contributed by atoms with Gasteiger partial charge in [-0.1, -0.05) is 50.2 Å². The molecule has 0 aliphatic carbocycles. The third-order valence-electron chi connectivity index (χ3n) is 3.60. The molecule has 2 aromatic rings. The molecule has 0 radical (unpaired) electrons. The maximum atomic E-state index is 5.80. The molecule has 0 amide bonds. The van der Waals surface area contributed by atoms with Crippen LogP contribution >= 0.6 is 0 Å². The minimum Gasteiger partial charge on any atom is -0.494 e. The van der Waals surface area contributed by atoms with Crippen molar-refractivity contribution in [1.29, 1.82) is 0 Å².